The number of benzene rings is 14. The van der Waals surface area contributed by atoms with E-state index >= 15 is 0 Å². The van der Waals surface area contributed by atoms with E-state index in [1.165, 1.54) is 127 Å². The molecule has 0 atom stereocenters. The minimum Gasteiger partial charge on any atom is -0.314 e. The highest BCUT2D eigenvalue weighted by Crippen LogP contribution is 2.58. The second-order valence-corrected chi connectivity index (χ2v) is 26.8. The van der Waals surface area contributed by atoms with Crippen LogP contribution in [0.15, 0.2) is 321 Å². The van der Waals surface area contributed by atoms with Crippen LogP contribution in [0.4, 0.5) is 45.5 Å². The molecule has 0 N–H and O–H groups in total. The van der Waals surface area contributed by atoms with Crippen molar-refractivity contribution in [1.82, 2.24) is 4.57 Å². The molecule has 0 fully saturated rings. The first-order chi connectivity index (χ1) is 46.1. The number of para-hydroxylation sites is 2. The van der Waals surface area contributed by atoms with Crippen LogP contribution in [0.1, 0.15) is 62.8 Å². The van der Waals surface area contributed by atoms with E-state index in [1.807, 2.05) is 0 Å². The molecule has 0 amide bonds. The van der Waals surface area contributed by atoms with E-state index in [0.717, 1.165) is 52.7 Å². The highest BCUT2D eigenvalue weighted by Gasteiger charge is 2.44. The lowest BCUT2D eigenvalue weighted by atomic mass is 9.67. The zero-order chi connectivity index (χ0) is 62.8. The van der Waals surface area contributed by atoms with Gasteiger partial charge >= 0.3 is 0 Å². The van der Waals surface area contributed by atoms with Crippen molar-refractivity contribution >= 4 is 99.6 Å². The van der Waals surface area contributed by atoms with E-state index in [1.54, 1.807) is 0 Å². The van der Waals surface area contributed by atoms with Crippen LogP contribution in [0.2, 0.25) is 0 Å². The van der Waals surface area contributed by atoms with E-state index < -0.39 is 0 Å². The number of anilines is 8. The van der Waals surface area contributed by atoms with E-state index in [0.29, 0.717) is 0 Å². The Morgan fingerprint density at radius 2 is 0.638 bits per heavy atom. The number of hydrogen-bond acceptors (Lipinski definition) is 3. The van der Waals surface area contributed by atoms with Crippen molar-refractivity contribution in [3.05, 3.63) is 343 Å². The standard InChI is InChI=1S/C90H68N4/c1-89(2)79-55-65(59-41-47-71(48-42-59)91(68-29-8-5-9-30-68)83-38-20-26-62-23-14-17-35-74(62)83)53-77-78-54-66(60-43-49-72(50-44-60)92(69-31-10-6-11-32-69)84-39-21-27-63-24-15-18-36-75(63)84)56-80-87(78)94(86(77)79)88-81(89)57-67(58-82(88)90(80,3)4)61-45-51-73(52-46-61)93(70-33-12-7-13-34-70)85-40-22-28-64-25-16-19-37-76(64)85/h5-10,12-31,33-58H,11,32H2,1-4H3. The summed E-state index contributed by atoms with van der Waals surface area (Å²) in [4.78, 5) is 7.29. The Bertz CT molecular complexity index is 5580. The van der Waals surface area contributed by atoms with Crippen LogP contribution in [-0.2, 0) is 10.8 Å². The molecular formula is C90H68N4. The maximum absolute atomic E-state index is 2.68. The predicted octanol–water partition coefficient (Wildman–Crippen LogP) is 24.8. The molecular weight excluding hydrogens is 1140 g/mol. The number of fused-ring (bicyclic) bond motifs is 4. The van der Waals surface area contributed by atoms with Gasteiger partial charge in [0.2, 0.25) is 0 Å². The largest absolute Gasteiger partial charge is 0.314 e. The van der Waals surface area contributed by atoms with Gasteiger partial charge in [0.1, 0.15) is 0 Å². The molecule has 0 radical (unpaired) electrons. The highest BCUT2D eigenvalue weighted by atomic mass is 15.2. The first kappa shape index (κ1) is 55.4. The number of nitrogens with zero attached hydrogens (tertiary/aromatic N) is 4. The summed E-state index contributed by atoms with van der Waals surface area (Å²) in [6.45, 7) is 9.89. The van der Waals surface area contributed by atoms with E-state index in [-0.39, 0.29) is 10.8 Å². The molecule has 3 heterocycles. The molecule has 1 aromatic heterocycles. The number of rotatable bonds is 12. The number of aromatic nitrogens is 1. The maximum Gasteiger partial charge on any atom is 0.0582 e. The van der Waals surface area contributed by atoms with Gasteiger partial charge in [-0.05, 0) is 206 Å². The average Bonchev–Trinajstić information content (AvgIpc) is 1.47. The fraction of sp³-hybridized carbons (Fsp3) is 0.0889. The van der Waals surface area contributed by atoms with Gasteiger partial charge in [0.15, 0.2) is 0 Å². The molecule has 0 unspecified atom stereocenters. The first-order valence-corrected chi connectivity index (χ1v) is 33.1. The molecule has 14 aromatic carbocycles. The Morgan fingerprint density at radius 1 is 0.298 bits per heavy atom. The van der Waals surface area contributed by atoms with Crippen LogP contribution in [-0.4, -0.2) is 4.57 Å². The molecule has 0 bridgehead atoms. The fourth-order valence-electron chi connectivity index (χ4n) is 15.9. The molecule has 15 aromatic rings. The Balaban J connectivity index is 0.814. The zero-order valence-electron chi connectivity index (χ0n) is 53.2. The Hall–Kier alpha value is -11.5. The quantitative estimate of drug-likeness (QED) is 0.121. The van der Waals surface area contributed by atoms with Gasteiger partial charge in [-0.2, -0.15) is 0 Å². The lowest BCUT2D eigenvalue weighted by Crippen LogP contribution is -2.33. The van der Waals surface area contributed by atoms with Gasteiger partial charge in [-0.25, -0.2) is 0 Å². The van der Waals surface area contributed by atoms with Crippen LogP contribution in [0, 0.1) is 0 Å². The molecule has 0 saturated heterocycles. The SMILES string of the molecule is CC1(C)c2cc(-c3ccc(N(c4ccccc4)c4cccc5ccccc45)cc3)cc3c2-n2c4c1cc(-c1ccc(N(C5=CC=CCC5)c5cccc6ccccc56)cc1)cc4c1cc(-c4ccc(N(c5ccccc5)c5cccc6ccccc56)cc4)cc(c12)C3(C)C. The molecule has 448 valence electrons. The summed E-state index contributed by atoms with van der Waals surface area (Å²) in [5, 5.41) is 9.90. The summed E-state index contributed by atoms with van der Waals surface area (Å²) < 4.78 is 2.68. The monoisotopic (exact) mass is 1200 g/mol. The van der Waals surface area contributed by atoms with Crippen molar-refractivity contribution in [3.8, 4) is 39.1 Å². The van der Waals surface area contributed by atoms with E-state index in [2.05, 4.69) is 362 Å². The first-order valence-electron chi connectivity index (χ1n) is 33.1. The second kappa shape index (κ2) is 21.6. The lowest BCUT2D eigenvalue weighted by molar-refractivity contribution is 0.594. The lowest BCUT2D eigenvalue weighted by Gasteiger charge is -2.42. The Morgan fingerprint density at radius 3 is 1.04 bits per heavy atom. The Kier molecular flexibility index (Phi) is 12.7. The summed E-state index contributed by atoms with van der Waals surface area (Å²) >= 11 is 0. The second-order valence-electron chi connectivity index (χ2n) is 26.8. The molecule has 1 aliphatic carbocycles. The Labute approximate surface area is 549 Å². The van der Waals surface area contributed by atoms with Crippen molar-refractivity contribution < 1.29 is 0 Å². The number of allylic oxidation sites excluding steroid dienone is 4. The number of hydrogen-bond donors (Lipinski definition) is 0. The van der Waals surface area contributed by atoms with Crippen molar-refractivity contribution in [2.75, 3.05) is 14.7 Å². The normalized spacial score (nSPS) is 14.1. The van der Waals surface area contributed by atoms with Crippen molar-refractivity contribution in [3.63, 3.8) is 0 Å². The van der Waals surface area contributed by atoms with Crippen LogP contribution in [0.5, 0.6) is 0 Å². The van der Waals surface area contributed by atoms with Gasteiger partial charge in [0, 0.05) is 71.9 Å². The maximum atomic E-state index is 2.68. The zero-order valence-corrected chi connectivity index (χ0v) is 53.2. The highest BCUT2D eigenvalue weighted by molar-refractivity contribution is 6.16. The molecule has 0 saturated carbocycles. The third-order valence-corrected chi connectivity index (χ3v) is 20.7. The van der Waals surface area contributed by atoms with Gasteiger partial charge in [-0.3, -0.25) is 0 Å². The minimum absolute atomic E-state index is 0.385. The van der Waals surface area contributed by atoms with Gasteiger partial charge in [0.25, 0.3) is 0 Å². The molecule has 3 aliphatic rings. The molecule has 0 spiro atoms. The summed E-state index contributed by atoms with van der Waals surface area (Å²) in [7, 11) is 0. The third kappa shape index (κ3) is 8.73. The van der Waals surface area contributed by atoms with Crippen LogP contribution in [0.3, 0.4) is 0 Å². The van der Waals surface area contributed by atoms with Gasteiger partial charge < -0.3 is 19.3 Å². The molecule has 4 nitrogen and oxygen atoms in total. The molecule has 94 heavy (non-hydrogen) atoms. The van der Waals surface area contributed by atoms with Gasteiger partial charge in [-0.1, -0.05) is 222 Å². The molecule has 2 aliphatic heterocycles. The predicted molar refractivity (Wildman–Crippen MR) is 398 cm³/mol. The van der Waals surface area contributed by atoms with Gasteiger partial charge in [0.05, 0.1) is 33.8 Å². The van der Waals surface area contributed by atoms with E-state index in [9.17, 15) is 0 Å². The smallest absolute Gasteiger partial charge is 0.0582 e. The van der Waals surface area contributed by atoms with Gasteiger partial charge in [-0.15, -0.1) is 0 Å². The van der Waals surface area contributed by atoms with Crippen LogP contribution in [0.25, 0.3) is 93.2 Å². The summed E-state index contributed by atoms with van der Waals surface area (Å²) in [6, 6.07) is 111. The summed E-state index contributed by atoms with van der Waals surface area (Å²) in [5.41, 5.74) is 26.1. The van der Waals surface area contributed by atoms with Crippen molar-refractivity contribution in [2.24, 2.45) is 0 Å². The van der Waals surface area contributed by atoms with E-state index in [4.69, 9.17) is 0 Å². The molecule has 4 heteroatoms. The van der Waals surface area contributed by atoms with Crippen molar-refractivity contribution in [1.29, 1.82) is 0 Å². The molecule has 18 rings (SSSR count). The average molecular weight is 1210 g/mol. The fourth-order valence-corrected chi connectivity index (χ4v) is 15.9. The topological polar surface area (TPSA) is 14.7 Å². The van der Waals surface area contributed by atoms with Crippen LogP contribution >= 0.6 is 0 Å². The summed E-state index contributed by atoms with van der Waals surface area (Å²) in [6.07, 6.45) is 8.77. The van der Waals surface area contributed by atoms with Crippen molar-refractivity contribution in [2.45, 2.75) is 51.4 Å². The van der Waals surface area contributed by atoms with Crippen LogP contribution < -0.4 is 14.7 Å². The summed E-state index contributed by atoms with van der Waals surface area (Å²) in [5.74, 6) is 0. The minimum atomic E-state index is -0.388. The third-order valence-electron chi connectivity index (χ3n) is 20.7.